The van der Waals surface area contributed by atoms with Crippen LogP contribution < -0.4 is 0 Å². The molecule has 1 radical (unpaired) electrons. The van der Waals surface area contributed by atoms with Crippen molar-refractivity contribution in [2.75, 3.05) is 33.3 Å². The number of carbonyl (C=O) groups is 2. The second kappa shape index (κ2) is 13.1. The zero-order valence-corrected chi connectivity index (χ0v) is 24.3. The van der Waals surface area contributed by atoms with Crippen molar-refractivity contribution in [2.24, 2.45) is 5.92 Å². The first kappa shape index (κ1) is 26.5. The van der Waals surface area contributed by atoms with Gasteiger partial charge in [-0.1, -0.05) is 37.1 Å². The molecule has 0 unspecified atom stereocenters. The first-order chi connectivity index (χ1) is 15.6. The largest absolute Gasteiger partial charge is 0.662 e. The van der Waals surface area contributed by atoms with Crippen LogP contribution in [-0.2, 0) is 24.1 Å². The molecule has 0 N–H and O–H groups in total. The van der Waals surface area contributed by atoms with E-state index in [-0.39, 0.29) is 55.8 Å². The molecule has 4 rings (SSSR count). The minimum atomic E-state index is -0.300. The van der Waals surface area contributed by atoms with Gasteiger partial charge in [-0.25, -0.2) is 4.79 Å². The average molecular weight is 661 g/mol. The molecule has 2 aromatic carbocycles. The summed E-state index contributed by atoms with van der Waals surface area (Å²) in [4.78, 5) is 27.0. The van der Waals surface area contributed by atoms with Gasteiger partial charge in [-0.2, -0.15) is 0 Å². The molecule has 0 aliphatic carbocycles. The van der Waals surface area contributed by atoms with E-state index in [1.807, 2.05) is 18.2 Å². The van der Waals surface area contributed by atoms with E-state index >= 15 is 0 Å². The summed E-state index contributed by atoms with van der Waals surface area (Å²) in [5.74, 6) is 0.630. The SMILES string of the molecule is COC(=O)c1cccc(CN2CCc3ccc(C(=O)CCC4CC[N-]CC4)cc3CC2)c1.[Ac]. The van der Waals surface area contributed by atoms with Crippen LogP contribution in [0.2, 0.25) is 0 Å². The zero-order chi connectivity index (χ0) is 22.3. The van der Waals surface area contributed by atoms with Crippen molar-refractivity contribution < 1.29 is 58.4 Å². The number of piperidine rings is 1. The molecular weight excluding hydrogens is 627 g/mol. The molecule has 0 amide bonds. The van der Waals surface area contributed by atoms with E-state index < -0.39 is 0 Å². The predicted molar refractivity (Wildman–Crippen MR) is 126 cm³/mol. The maximum Gasteiger partial charge on any atom is 0.337 e. The molecule has 2 aliphatic heterocycles. The molecule has 6 heteroatoms. The van der Waals surface area contributed by atoms with Crippen LogP contribution in [0.3, 0.4) is 0 Å². The van der Waals surface area contributed by atoms with Crippen LogP contribution in [0.5, 0.6) is 0 Å². The second-order valence-corrected chi connectivity index (χ2v) is 9.03. The first-order valence-electron chi connectivity index (χ1n) is 11.8. The number of hydrogen-bond donors (Lipinski definition) is 0. The van der Waals surface area contributed by atoms with Gasteiger partial charge in [0.15, 0.2) is 5.78 Å². The van der Waals surface area contributed by atoms with Crippen molar-refractivity contribution >= 4 is 11.8 Å². The van der Waals surface area contributed by atoms with Gasteiger partial charge < -0.3 is 10.1 Å². The number of methoxy groups -OCH3 is 1. The van der Waals surface area contributed by atoms with Crippen LogP contribution in [0.25, 0.3) is 5.32 Å². The van der Waals surface area contributed by atoms with Crippen molar-refractivity contribution in [3.8, 4) is 0 Å². The van der Waals surface area contributed by atoms with Gasteiger partial charge in [0.05, 0.1) is 12.7 Å². The summed E-state index contributed by atoms with van der Waals surface area (Å²) < 4.78 is 4.84. The normalized spacial score (nSPS) is 16.9. The summed E-state index contributed by atoms with van der Waals surface area (Å²) in [6, 6.07) is 14.0. The minimum absolute atomic E-state index is 0. The van der Waals surface area contributed by atoms with E-state index in [1.165, 1.54) is 18.2 Å². The third-order valence-electron chi connectivity index (χ3n) is 6.85. The zero-order valence-electron chi connectivity index (χ0n) is 19.6. The van der Waals surface area contributed by atoms with Crippen molar-refractivity contribution in [1.29, 1.82) is 0 Å². The van der Waals surface area contributed by atoms with Crippen LogP contribution in [0, 0.1) is 50.0 Å². The van der Waals surface area contributed by atoms with Crippen molar-refractivity contribution in [3.05, 3.63) is 75.6 Å². The molecule has 0 bridgehead atoms. The predicted octanol–water partition coefficient (Wildman–Crippen LogP) is 4.82. The number of esters is 1. The van der Waals surface area contributed by atoms with Crippen LogP contribution >= 0.6 is 0 Å². The second-order valence-electron chi connectivity index (χ2n) is 9.03. The van der Waals surface area contributed by atoms with E-state index in [2.05, 4.69) is 28.4 Å². The van der Waals surface area contributed by atoms with Crippen molar-refractivity contribution in [2.45, 2.75) is 45.1 Å². The van der Waals surface area contributed by atoms with Crippen LogP contribution in [-0.4, -0.2) is 49.9 Å². The van der Waals surface area contributed by atoms with E-state index in [9.17, 15) is 9.59 Å². The first-order valence-corrected chi connectivity index (χ1v) is 11.8. The standard InChI is InChI=1S/C27H33N2O3.Ac/c1-32-27(31)25-4-2-3-21(17-25)19-29-15-11-22-6-7-24(18-23(22)12-16-29)26(30)8-5-20-9-13-28-14-10-20;/h2-4,6-7,17-18,20H,5,8-16,19H2,1H3;/q-1;. The van der Waals surface area contributed by atoms with Gasteiger partial charge in [0, 0.05) is 75.7 Å². The molecule has 0 aromatic heterocycles. The quantitative estimate of drug-likeness (QED) is 0.316. The third kappa shape index (κ3) is 7.46. The smallest absolute Gasteiger partial charge is 0.337 e. The summed E-state index contributed by atoms with van der Waals surface area (Å²) in [5.41, 5.74) is 5.22. The molecule has 2 aromatic rings. The fourth-order valence-corrected chi connectivity index (χ4v) is 4.85. The van der Waals surface area contributed by atoms with Gasteiger partial charge in [-0.15, -0.1) is 13.1 Å². The number of carbonyl (C=O) groups excluding carboxylic acids is 2. The van der Waals surface area contributed by atoms with E-state index in [0.29, 0.717) is 17.9 Å². The molecule has 1 fully saturated rings. The molecule has 33 heavy (non-hydrogen) atoms. The Kier molecular flexibility index (Phi) is 10.6. The fraction of sp³-hybridized carbons (Fsp3) is 0.481. The van der Waals surface area contributed by atoms with Gasteiger partial charge >= 0.3 is 5.97 Å². The van der Waals surface area contributed by atoms with Crippen molar-refractivity contribution in [1.82, 2.24) is 4.90 Å². The molecule has 0 spiro atoms. The fourth-order valence-electron chi connectivity index (χ4n) is 4.85. The van der Waals surface area contributed by atoms with Crippen LogP contribution in [0.15, 0.2) is 42.5 Å². The van der Waals surface area contributed by atoms with Crippen LogP contribution in [0.1, 0.15) is 63.1 Å². The third-order valence-corrected chi connectivity index (χ3v) is 6.85. The Morgan fingerprint density at radius 2 is 1.76 bits per heavy atom. The molecule has 173 valence electrons. The number of benzene rings is 2. The number of fused-ring (bicyclic) bond motifs is 1. The molecular formula is C27H33AcN2O3-. The Bertz CT molecular complexity index is 956. The number of Topliss-reactive ketones (excluding diaryl/α,β-unsaturated/α-hetero) is 1. The number of ether oxygens (including phenoxy) is 1. The van der Waals surface area contributed by atoms with Gasteiger partial charge in [0.1, 0.15) is 0 Å². The van der Waals surface area contributed by atoms with E-state index in [4.69, 9.17) is 4.74 Å². The summed E-state index contributed by atoms with van der Waals surface area (Å²) in [7, 11) is 1.41. The van der Waals surface area contributed by atoms with Gasteiger partial charge in [0.25, 0.3) is 0 Å². The molecule has 2 aliphatic rings. The maximum atomic E-state index is 12.8. The maximum absolute atomic E-state index is 12.8. The summed E-state index contributed by atoms with van der Waals surface area (Å²) in [5, 5.41) is 4.41. The molecule has 0 saturated carbocycles. The molecule has 1 saturated heterocycles. The average Bonchev–Trinajstić information content (AvgIpc) is 3.04. The number of nitrogens with zero attached hydrogens (tertiary/aromatic N) is 2. The number of ketones is 1. The van der Waals surface area contributed by atoms with Gasteiger partial charge in [0.2, 0.25) is 0 Å². The van der Waals surface area contributed by atoms with Crippen LogP contribution in [0.4, 0.5) is 0 Å². The summed E-state index contributed by atoms with van der Waals surface area (Å²) in [6.45, 7) is 4.63. The Labute approximate surface area is 233 Å². The molecule has 2 heterocycles. The summed E-state index contributed by atoms with van der Waals surface area (Å²) >= 11 is 0. The monoisotopic (exact) mass is 660 g/mol. The number of rotatable bonds is 7. The Hall–Kier alpha value is -1.06. The topological polar surface area (TPSA) is 60.7 Å². The van der Waals surface area contributed by atoms with Gasteiger partial charge in [-0.05, 0) is 60.1 Å². The molecule has 0 atom stereocenters. The van der Waals surface area contributed by atoms with Crippen molar-refractivity contribution in [3.63, 3.8) is 0 Å². The number of hydrogen-bond acceptors (Lipinski definition) is 4. The Morgan fingerprint density at radius 1 is 1.00 bits per heavy atom. The Balaban J connectivity index is 0.00000306. The van der Waals surface area contributed by atoms with E-state index in [1.54, 1.807) is 6.07 Å². The minimum Gasteiger partial charge on any atom is -0.662 e. The van der Waals surface area contributed by atoms with Gasteiger partial charge in [-0.3, -0.25) is 9.69 Å². The molecule has 5 nitrogen and oxygen atoms in total. The summed E-state index contributed by atoms with van der Waals surface area (Å²) in [6.07, 6.45) is 5.82. The van der Waals surface area contributed by atoms with E-state index in [0.717, 1.165) is 76.0 Å². The Morgan fingerprint density at radius 3 is 2.52 bits per heavy atom.